The summed E-state index contributed by atoms with van der Waals surface area (Å²) in [5.41, 5.74) is 1.15. The summed E-state index contributed by atoms with van der Waals surface area (Å²) in [5.74, 6) is -1.27. The minimum absolute atomic E-state index is 0.327. The molecule has 0 aliphatic heterocycles. The zero-order valence-corrected chi connectivity index (χ0v) is 10.2. The number of nitrogens with zero attached hydrogens (tertiary/aromatic N) is 2. The number of aliphatic carboxylic acids is 1. The van der Waals surface area contributed by atoms with Crippen LogP contribution in [-0.4, -0.2) is 25.7 Å². The van der Waals surface area contributed by atoms with Gasteiger partial charge < -0.3 is 14.8 Å². The maximum absolute atomic E-state index is 10.6. The molecule has 1 atom stereocenters. The predicted molar refractivity (Wildman–Crippen MR) is 63.9 cm³/mol. The van der Waals surface area contributed by atoms with Gasteiger partial charge in [0.15, 0.2) is 6.10 Å². The normalized spacial score (nSPS) is 12.4. The predicted octanol–water partition coefficient (Wildman–Crippen LogP) is 1.75. The molecule has 1 heterocycles. The van der Waals surface area contributed by atoms with Gasteiger partial charge in [-0.15, -0.1) is 0 Å². The van der Waals surface area contributed by atoms with Crippen molar-refractivity contribution in [1.29, 1.82) is 0 Å². The Kier molecular flexibility index (Phi) is 3.26. The van der Waals surface area contributed by atoms with E-state index in [0.717, 1.165) is 5.69 Å². The fourth-order valence-corrected chi connectivity index (χ4v) is 2.05. The van der Waals surface area contributed by atoms with Crippen LogP contribution in [-0.2, 0) is 4.79 Å². The minimum Gasteiger partial charge on any atom is -0.479 e. The third kappa shape index (κ3) is 2.37. The van der Waals surface area contributed by atoms with Gasteiger partial charge in [-0.05, 0) is 33.6 Å². The Hall–Kier alpha value is -1.66. The molecule has 0 fully saturated rings. The van der Waals surface area contributed by atoms with E-state index in [1.54, 1.807) is 41.5 Å². The highest BCUT2D eigenvalue weighted by Gasteiger charge is 2.16. The van der Waals surface area contributed by atoms with Crippen LogP contribution >= 0.6 is 15.9 Å². The lowest BCUT2D eigenvalue weighted by Gasteiger charge is -2.10. The number of carboxylic acid groups (broad SMARTS) is 1. The Morgan fingerprint density at radius 2 is 2.24 bits per heavy atom. The average molecular weight is 297 g/mol. The summed E-state index contributed by atoms with van der Waals surface area (Å²) < 4.78 is 2.47. The van der Waals surface area contributed by atoms with E-state index in [9.17, 15) is 9.90 Å². The molecule has 5 nitrogen and oxygen atoms in total. The van der Waals surface area contributed by atoms with Gasteiger partial charge in [-0.3, -0.25) is 0 Å². The third-order valence-electron chi connectivity index (χ3n) is 2.30. The van der Waals surface area contributed by atoms with Gasteiger partial charge in [-0.2, -0.15) is 0 Å². The van der Waals surface area contributed by atoms with Crippen LogP contribution in [0, 0.1) is 0 Å². The Morgan fingerprint density at radius 3 is 2.76 bits per heavy atom. The number of hydrogen-bond acceptors (Lipinski definition) is 3. The summed E-state index contributed by atoms with van der Waals surface area (Å²) in [6, 6.07) is 4.86. The van der Waals surface area contributed by atoms with Gasteiger partial charge in [0.25, 0.3) is 0 Å². The van der Waals surface area contributed by atoms with Crippen molar-refractivity contribution >= 4 is 21.9 Å². The van der Waals surface area contributed by atoms with Crippen molar-refractivity contribution in [2.75, 3.05) is 0 Å². The first-order chi connectivity index (χ1) is 8.09. The minimum atomic E-state index is -1.51. The Balaban J connectivity index is 2.39. The molecule has 0 radical (unpaired) electrons. The van der Waals surface area contributed by atoms with Crippen molar-refractivity contribution in [3.8, 4) is 5.69 Å². The number of carboxylic acids is 1. The summed E-state index contributed by atoms with van der Waals surface area (Å²) in [6.07, 6.45) is 3.54. The summed E-state index contributed by atoms with van der Waals surface area (Å²) in [4.78, 5) is 14.6. The molecule has 2 N–H and O–H groups in total. The van der Waals surface area contributed by atoms with E-state index in [0.29, 0.717) is 10.0 Å². The van der Waals surface area contributed by atoms with E-state index in [2.05, 4.69) is 20.9 Å². The summed E-state index contributed by atoms with van der Waals surface area (Å²) in [7, 11) is 0. The number of carbonyl (C=O) groups is 1. The highest BCUT2D eigenvalue weighted by molar-refractivity contribution is 9.10. The number of rotatable bonds is 3. The lowest BCUT2D eigenvalue weighted by Crippen LogP contribution is -2.10. The third-order valence-corrected chi connectivity index (χ3v) is 2.94. The van der Waals surface area contributed by atoms with Gasteiger partial charge in [0.05, 0.1) is 12.0 Å². The van der Waals surface area contributed by atoms with Gasteiger partial charge in [-0.25, -0.2) is 9.78 Å². The molecule has 2 aromatic rings. The Bertz CT molecular complexity index is 540. The van der Waals surface area contributed by atoms with Gasteiger partial charge in [0.2, 0.25) is 0 Å². The molecular weight excluding hydrogens is 288 g/mol. The molecule has 0 aliphatic carbocycles. The summed E-state index contributed by atoms with van der Waals surface area (Å²) in [5, 5.41) is 18.1. The molecule has 1 aromatic carbocycles. The molecule has 0 saturated heterocycles. The Labute approximate surface area is 105 Å². The summed E-state index contributed by atoms with van der Waals surface area (Å²) >= 11 is 3.33. The van der Waals surface area contributed by atoms with E-state index in [1.165, 1.54) is 0 Å². The van der Waals surface area contributed by atoms with Crippen LogP contribution in [0.4, 0.5) is 0 Å². The molecule has 0 aliphatic rings. The lowest BCUT2D eigenvalue weighted by molar-refractivity contribution is -0.146. The van der Waals surface area contributed by atoms with E-state index >= 15 is 0 Å². The van der Waals surface area contributed by atoms with Gasteiger partial charge in [-0.1, -0.05) is 6.07 Å². The van der Waals surface area contributed by atoms with Crippen molar-refractivity contribution in [2.45, 2.75) is 6.10 Å². The van der Waals surface area contributed by atoms with Crippen LogP contribution in [0.5, 0.6) is 0 Å². The Morgan fingerprint density at radius 1 is 1.47 bits per heavy atom. The van der Waals surface area contributed by atoms with Crippen LogP contribution in [0.15, 0.2) is 41.4 Å². The second-order valence-electron chi connectivity index (χ2n) is 3.42. The highest BCUT2D eigenvalue weighted by atomic mass is 79.9. The number of aliphatic hydroxyl groups is 1. The molecule has 1 unspecified atom stereocenters. The molecule has 6 heteroatoms. The van der Waals surface area contributed by atoms with Crippen LogP contribution in [0.1, 0.15) is 11.7 Å². The maximum Gasteiger partial charge on any atom is 0.337 e. The zero-order valence-electron chi connectivity index (χ0n) is 8.62. The van der Waals surface area contributed by atoms with Crippen LogP contribution in [0.25, 0.3) is 5.69 Å². The SMILES string of the molecule is O=C(O)C(O)c1ccc(-n2ccnc2)c(Br)c1. The second-order valence-corrected chi connectivity index (χ2v) is 4.28. The van der Waals surface area contributed by atoms with E-state index in [1.807, 2.05) is 0 Å². The average Bonchev–Trinajstić information content (AvgIpc) is 2.81. The quantitative estimate of drug-likeness (QED) is 0.905. The van der Waals surface area contributed by atoms with E-state index in [4.69, 9.17) is 5.11 Å². The number of halogens is 1. The fourth-order valence-electron chi connectivity index (χ4n) is 1.45. The molecule has 88 valence electrons. The standard InChI is InChI=1S/C11H9BrN2O3/c12-8-5-7(10(15)11(16)17)1-2-9(8)14-4-3-13-6-14/h1-6,10,15H,(H,16,17). The molecule has 0 saturated carbocycles. The number of benzene rings is 1. The smallest absolute Gasteiger partial charge is 0.337 e. The fraction of sp³-hybridized carbons (Fsp3) is 0.0909. The number of aliphatic hydroxyl groups excluding tert-OH is 1. The van der Waals surface area contributed by atoms with E-state index in [-0.39, 0.29) is 0 Å². The first kappa shape index (κ1) is 11.8. The number of imidazole rings is 1. The zero-order chi connectivity index (χ0) is 12.4. The van der Waals surface area contributed by atoms with Crippen LogP contribution in [0.2, 0.25) is 0 Å². The first-order valence-corrected chi connectivity index (χ1v) is 5.57. The highest BCUT2D eigenvalue weighted by Crippen LogP contribution is 2.25. The largest absolute Gasteiger partial charge is 0.479 e. The molecule has 0 spiro atoms. The molecular formula is C11H9BrN2O3. The van der Waals surface area contributed by atoms with Crippen molar-refractivity contribution in [1.82, 2.24) is 9.55 Å². The molecule has 1 aromatic heterocycles. The number of hydrogen-bond donors (Lipinski definition) is 2. The summed E-state index contributed by atoms with van der Waals surface area (Å²) in [6.45, 7) is 0. The molecule has 17 heavy (non-hydrogen) atoms. The monoisotopic (exact) mass is 296 g/mol. The van der Waals surface area contributed by atoms with Crippen LogP contribution in [0.3, 0.4) is 0 Å². The topological polar surface area (TPSA) is 75.3 Å². The molecule has 0 amide bonds. The van der Waals surface area contributed by atoms with Crippen molar-refractivity contribution in [2.24, 2.45) is 0 Å². The lowest BCUT2D eigenvalue weighted by atomic mass is 10.1. The second kappa shape index (κ2) is 4.68. The van der Waals surface area contributed by atoms with Crippen LogP contribution < -0.4 is 0 Å². The van der Waals surface area contributed by atoms with Gasteiger partial charge >= 0.3 is 5.97 Å². The van der Waals surface area contributed by atoms with Gasteiger partial charge in [0.1, 0.15) is 0 Å². The van der Waals surface area contributed by atoms with Crippen molar-refractivity contribution in [3.63, 3.8) is 0 Å². The number of aromatic nitrogens is 2. The van der Waals surface area contributed by atoms with Crippen molar-refractivity contribution in [3.05, 3.63) is 47.0 Å². The maximum atomic E-state index is 10.6. The first-order valence-electron chi connectivity index (χ1n) is 4.78. The van der Waals surface area contributed by atoms with Gasteiger partial charge in [0, 0.05) is 16.9 Å². The van der Waals surface area contributed by atoms with E-state index < -0.39 is 12.1 Å². The molecule has 2 rings (SSSR count). The van der Waals surface area contributed by atoms with Crippen molar-refractivity contribution < 1.29 is 15.0 Å². The molecule has 0 bridgehead atoms.